The molecule has 0 bridgehead atoms. The molecule has 0 N–H and O–H groups in total. The number of hydrogen-bond donors (Lipinski definition) is 0. The first kappa shape index (κ1) is 19.1. The molecule has 0 aliphatic rings. The fourth-order valence-electron chi connectivity index (χ4n) is 2.25. The molecule has 0 saturated carbocycles. The SMILES string of the molecule is CN([C@H](c1ccc(F)cc1)C(F)(F)F)S(=O)(=O)c1ccn(C)c(=O)c1. The number of benzene rings is 1. The lowest BCUT2D eigenvalue weighted by Gasteiger charge is -2.29. The average molecular weight is 378 g/mol. The first-order valence-electron chi connectivity index (χ1n) is 6.91. The van der Waals surface area contributed by atoms with Gasteiger partial charge in [-0.3, -0.25) is 4.79 Å². The van der Waals surface area contributed by atoms with E-state index in [0.717, 1.165) is 54.2 Å². The van der Waals surface area contributed by atoms with Crippen LogP contribution in [0.25, 0.3) is 0 Å². The molecule has 0 aliphatic carbocycles. The molecule has 0 aliphatic heterocycles. The van der Waals surface area contributed by atoms with Crippen molar-refractivity contribution in [1.29, 1.82) is 0 Å². The fourth-order valence-corrected chi connectivity index (χ4v) is 3.58. The minimum Gasteiger partial charge on any atom is -0.319 e. The van der Waals surface area contributed by atoms with Crippen LogP contribution in [0.1, 0.15) is 11.6 Å². The summed E-state index contributed by atoms with van der Waals surface area (Å²) in [6.45, 7) is 0. The number of aromatic nitrogens is 1. The predicted molar refractivity (Wildman–Crippen MR) is 81.8 cm³/mol. The van der Waals surface area contributed by atoms with Gasteiger partial charge in [-0.1, -0.05) is 12.1 Å². The average Bonchev–Trinajstić information content (AvgIpc) is 2.50. The van der Waals surface area contributed by atoms with Crippen LogP contribution in [0.2, 0.25) is 0 Å². The number of aryl methyl sites for hydroxylation is 1. The lowest BCUT2D eigenvalue weighted by molar-refractivity contribution is -0.171. The van der Waals surface area contributed by atoms with Crippen LogP contribution in [0.15, 0.2) is 52.3 Å². The zero-order valence-electron chi connectivity index (χ0n) is 13.2. The highest BCUT2D eigenvalue weighted by molar-refractivity contribution is 7.89. The van der Waals surface area contributed by atoms with Gasteiger partial charge in [-0.2, -0.15) is 17.5 Å². The van der Waals surface area contributed by atoms with Gasteiger partial charge in [0, 0.05) is 26.4 Å². The van der Waals surface area contributed by atoms with E-state index >= 15 is 0 Å². The molecule has 25 heavy (non-hydrogen) atoms. The van der Waals surface area contributed by atoms with Gasteiger partial charge in [0.1, 0.15) is 11.9 Å². The minimum absolute atomic E-state index is 0.120. The first-order valence-corrected chi connectivity index (χ1v) is 8.35. The molecule has 136 valence electrons. The summed E-state index contributed by atoms with van der Waals surface area (Å²) in [5.41, 5.74) is -1.12. The van der Waals surface area contributed by atoms with Crippen LogP contribution in [-0.4, -0.2) is 30.5 Å². The third-order valence-corrected chi connectivity index (χ3v) is 5.43. The summed E-state index contributed by atoms with van der Waals surface area (Å²) >= 11 is 0. The van der Waals surface area contributed by atoms with Crippen LogP contribution in [0.5, 0.6) is 0 Å². The van der Waals surface area contributed by atoms with Crippen LogP contribution in [0.4, 0.5) is 17.6 Å². The summed E-state index contributed by atoms with van der Waals surface area (Å²) in [7, 11) is -2.48. The quantitative estimate of drug-likeness (QED) is 0.768. The lowest BCUT2D eigenvalue weighted by Crippen LogP contribution is -2.40. The van der Waals surface area contributed by atoms with Gasteiger partial charge in [-0.05, 0) is 23.8 Å². The zero-order valence-corrected chi connectivity index (χ0v) is 14.0. The maximum atomic E-state index is 13.5. The third kappa shape index (κ3) is 3.90. The maximum Gasteiger partial charge on any atom is 0.409 e. The Bertz CT molecular complexity index is 921. The van der Waals surface area contributed by atoms with Gasteiger partial charge in [-0.15, -0.1) is 0 Å². The van der Waals surface area contributed by atoms with Crippen LogP contribution >= 0.6 is 0 Å². The number of nitrogens with zero attached hydrogens (tertiary/aromatic N) is 2. The Hall–Kier alpha value is -2.20. The third-order valence-electron chi connectivity index (χ3n) is 3.61. The maximum absolute atomic E-state index is 13.5. The number of pyridine rings is 1. The van der Waals surface area contributed by atoms with E-state index in [-0.39, 0.29) is 4.31 Å². The molecule has 2 rings (SSSR count). The Morgan fingerprint density at radius 3 is 2.16 bits per heavy atom. The summed E-state index contributed by atoms with van der Waals surface area (Å²) in [5, 5.41) is 0. The Morgan fingerprint density at radius 2 is 1.68 bits per heavy atom. The van der Waals surface area contributed by atoms with Gasteiger partial charge < -0.3 is 4.57 Å². The molecule has 0 unspecified atom stereocenters. The number of rotatable bonds is 4. The Labute approximate surface area is 141 Å². The van der Waals surface area contributed by atoms with E-state index in [1.54, 1.807) is 0 Å². The highest BCUT2D eigenvalue weighted by atomic mass is 32.2. The number of sulfonamides is 1. The van der Waals surface area contributed by atoms with Crippen molar-refractivity contribution >= 4 is 10.0 Å². The molecule has 2 aromatic rings. The highest BCUT2D eigenvalue weighted by Crippen LogP contribution is 2.39. The monoisotopic (exact) mass is 378 g/mol. The standard InChI is InChI=1S/C15H14F4N2O3S/c1-20-8-7-12(9-13(20)22)25(23,24)21(2)14(15(17,18)19)10-3-5-11(16)6-4-10/h3-9,14H,1-2H3/t14-/m1/s1. The van der Waals surface area contributed by atoms with Crippen molar-refractivity contribution in [3.63, 3.8) is 0 Å². The van der Waals surface area contributed by atoms with Gasteiger partial charge >= 0.3 is 6.18 Å². The molecule has 0 radical (unpaired) electrons. The van der Waals surface area contributed by atoms with Gasteiger partial charge in [0.2, 0.25) is 10.0 Å². The number of hydrogen-bond acceptors (Lipinski definition) is 3. The topological polar surface area (TPSA) is 59.4 Å². The summed E-state index contributed by atoms with van der Waals surface area (Å²) in [4.78, 5) is 11.0. The Balaban J connectivity index is 2.55. The van der Waals surface area contributed by atoms with E-state index < -0.39 is 44.1 Å². The normalized spacial score (nSPS) is 13.9. The summed E-state index contributed by atoms with van der Waals surface area (Å²) < 4.78 is 79.7. The van der Waals surface area contributed by atoms with Gasteiger partial charge in [-0.25, -0.2) is 12.8 Å². The summed E-state index contributed by atoms with van der Waals surface area (Å²) in [5.74, 6) is -0.748. The van der Waals surface area contributed by atoms with Crippen LogP contribution in [-0.2, 0) is 17.1 Å². The Kier molecular flexibility index (Phi) is 5.05. The van der Waals surface area contributed by atoms with E-state index in [1.165, 1.54) is 7.05 Å². The van der Waals surface area contributed by atoms with E-state index in [0.29, 0.717) is 0 Å². The van der Waals surface area contributed by atoms with Crippen molar-refractivity contribution in [2.75, 3.05) is 7.05 Å². The second-order valence-electron chi connectivity index (χ2n) is 5.33. The van der Waals surface area contributed by atoms with Crippen molar-refractivity contribution < 1.29 is 26.0 Å². The fraction of sp³-hybridized carbons (Fsp3) is 0.267. The molecule has 0 saturated heterocycles. The summed E-state index contributed by atoms with van der Waals surface area (Å²) in [6.07, 6.45) is -3.80. The van der Waals surface area contributed by atoms with E-state index in [4.69, 9.17) is 0 Å². The molecule has 1 aromatic carbocycles. The molecule has 1 aromatic heterocycles. The van der Waals surface area contributed by atoms with Gasteiger partial charge in [0.25, 0.3) is 5.56 Å². The molecule has 1 atom stereocenters. The van der Waals surface area contributed by atoms with Crippen molar-refractivity contribution in [1.82, 2.24) is 8.87 Å². The van der Waals surface area contributed by atoms with Gasteiger partial charge in [0.15, 0.2) is 0 Å². The molecule has 1 heterocycles. The van der Waals surface area contributed by atoms with E-state index in [2.05, 4.69) is 0 Å². The smallest absolute Gasteiger partial charge is 0.319 e. The molecular weight excluding hydrogens is 364 g/mol. The second kappa shape index (κ2) is 6.60. The highest BCUT2D eigenvalue weighted by Gasteiger charge is 2.47. The van der Waals surface area contributed by atoms with E-state index in [1.807, 2.05) is 0 Å². The summed E-state index contributed by atoms with van der Waals surface area (Å²) in [6, 6.07) is 2.60. The van der Waals surface area contributed by atoms with E-state index in [9.17, 15) is 30.8 Å². The van der Waals surface area contributed by atoms with Crippen molar-refractivity contribution in [2.45, 2.75) is 17.1 Å². The zero-order chi connectivity index (χ0) is 19.0. The molecule has 5 nitrogen and oxygen atoms in total. The van der Waals surface area contributed by atoms with Crippen molar-refractivity contribution in [2.24, 2.45) is 7.05 Å². The van der Waals surface area contributed by atoms with Crippen molar-refractivity contribution in [3.05, 3.63) is 64.3 Å². The molecule has 0 spiro atoms. The van der Waals surface area contributed by atoms with Crippen LogP contribution < -0.4 is 5.56 Å². The van der Waals surface area contributed by atoms with Gasteiger partial charge in [0.05, 0.1) is 4.90 Å². The van der Waals surface area contributed by atoms with Crippen LogP contribution in [0.3, 0.4) is 0 Å². The number of alkyl halides is 3. The molecule has 0 fully saturated rings. The van der Waals surface area contributed by atoms with Crippen molar-refractivity contribution in [3.8, 4) is 0 Å². The molecular formula is C15H14F4N2O3S. The van der Waals surface area contributed by atoms with Crippen LogP contribution in [0, 0.1) is 5.82 Å². The molecule has 10 heteroatoms. The first-order chi connectivity index (χ1) is 11.4. The minimum atomic E-state index is -4.95. The lowest BCUT2D eigenvalue weighted by atomic mass is 10.1. The number of halogens is 4. The molecule has 0 amide bonds. The largest absolute Gasteiger partial charge is 0.409 e. The second-order valence-corrected chi connectivity index (χ2v) is 7.33. The predicted octanol–water partition coefficient (Wildman–Crippen LogP) is 2.45. The Morgan fingerprint density at radius 1 is 1.12 bits per heavy atom.